The van der Waals surface area contributed by atoms with Crippen molar-refractivity contribution in [2.24, 2.45) is 0 Å². The molecule has 12 heavy (non-hydrogen) atoms. The molecule has 3 heteroatoms. The van der Waals surface area contributed by atoms with Gasteiger partial charge in [0.2, 0.25) is 0 Å². The molecule has 0 aromatic heterocycles. The Morgan fingerprint density at radius 3 is 1.50 bits per heavy atom. The molecule has 0 bridgehead atoms. The van der Waals surface area contributed by atoms with E-state index in [-0.39, 0.29) is 16.8 Å². The average Bonchev–Trinajstić information content (AvgIpc) is 1.87. The summed E-state index contributed by atoms with van der Waals surface area (Å²) in [5.74, 6) is 0. The van der Waals surface area contributed by atoms with Crippen LogP contribution in [0.15, 0.2) is 0 Å². The van der Waals surface area contributed by atoms with E-state index in [0.717, 1.165) is 19.5 Å². The Bertz CT molecular complexity index is 78.6. The molecular formula is C9H20CoN2. The molecule has 0 aromatic rings. The monoisotopic (exact) mass is 215 g/mol. The van der Waals surface area contributed by atoms with Crippen molar-refractivity contribution < 1.29 is 16.8 Å². The van der Waals surface area contributed by atoms with Crippen LogP contribution in [0.1, 0.15) is 34.1 Å². The smallest absolute Gasteiger partial charge is 0.660 e. The van der Waals surface area contributed by atoms with E-state index in [2.05, 4.69) is 38.3 Å². The summed E-state index contributed by atoms with van der Waals surface area (Å²) in [5, 5.41) is 8.77. The van der Waals surface area contributed by atoms with Gasteiger partial charge in [-0.1, -0.05) is 34.1 Å². The largest absolute Gasteiger partial charge is 2.00 e. The van der Waals surface area contributed by atoms with Crippen molar-refractivity contribution in [3.8, 4) is 0 Å². The van der Waals surface area contributed by atoms with E-state index in [1.165, 1.54) is 0 Å². The quantitative estimate of drug-likeness (QED) is 0.651. The van der Waals surface area contributed by atoms with E-state index in [9.17, 15) is 0 Å². The zero-order valence-corrected chi connectivity index (χ0v) is 9.54. The molecule has 75 valence electrons. The van der Waals surface area contributed by atoms with Gasteiger partial charge in [-0.25, -0.2) is 0 Å². The molecule has 0 aliphatic carbocycles. The standard InChI is InChI=1S/C9H20N2.Co/c1-5-10-8(3)7-9(4)11-6-2;/h8-9H,5-7H2,1-4H3;/q-2;+2. The van der Waals surface area contributed by atoms with Gasteiger partial charge < -0.3 is 10.6 Å². The molecule has 0 saturated carbocycles. The molecule has 2 nitrogen and oxygen atoms in total. The van der Waals surface area contributed by atoms with Crippen LogP contribution in [0.3, 0.4) is 0 Å². The van der Waals surface area contributed by atoms with Crippen LogP contribution < -0.4 is 0 Å². The van der Waals surface area contributed by atoms with Crippen molar-refractivity contribution >= 4 is 0 Å². The number of nitrogens with zero attached hydrogens (tertiary/aromatic N) is 2. The molecule has 0 fully saturated rings. The molecule has 0 aromatic carbocycles. The Morgan fingerprint density at radius 2 is 1.25 bits per heavy atom. The SMILES string of the molecule is CC[N-]C(C)CC(C)[N-]CC.[Co+2]. The van der Waals surface area contributed by atoms with Gasteiger partial charge in [0.25, 0.3) is 0 Å². The summed E-state index contributed by atoms with van der Waals surface area (Å²) in [6, 6.07) is 0.954. The fraction of sp³-hybridized carbons (Fsp3) is 1.00. The van der Waals surface area contributed by atoms with E-state index in [4.69, 9.17) is 0 Å². The van der Waals surface area contributed by atoms with Crippen LogP contribution >= 0.6 is 0 Å². The Balaban J connectivity index is 0. The Labute approximate surface area is 87.1 Å². The minimum atomic E-state index is 0. The maximum atomic E-state index is 4.39. The minimum Gasteiger partial charge on any atom is -0.660 e. The van der Waals surface area contributed by atoms with Crippen molar-refractivity contribution in [3.63, 3.8) is 0 Å². The van der Waals surface area contributed by atoms with E-state index < -0.39 is 0 Å². The Kier molecular flexibility index (Phi) is 11.8. The third-order valence-electron chi connectivity index (χ3n) is 1.67. The van der Waals surface area contributed by atoms with Gasteiger partial charge in [-0.05, 0) is 0 Å². The van der Waals surface area contributed by atoms with Gasteiger partial charge in [0.15, 0.2) is 0 Å². The third-order valence-corrected chi connectivity index (χ3v) is 1.67. The molecule has 0 N–H and O–H groups in total. The number of hydrogen-bond acceptors (Lipinski definition) is 0. The Hall–Kier alpha value is 0.426. The number of hydrogen-bond donors (Lipinski definition) is 0. The second-order valence-electron chi connectivity index (χ2n) is 2.93. The maximum Gasteiger partial charge on any atom is 2.00 e. The zero-order chi connectivity index (χ0) is 8.69. The van der Waals surface area contributed by atoms with Gasteiger partial charge in [0.05, 0.1) is 0 Å². The second-order valence-corrected chi connectivity index (χ2v) is 2.93. The summed E-state index contributed by atoms with van der Waals surface area (Å²) in [6.45, 7) is 10.3. The van der Waals surface area contributed by atoms with Crippen LogP contribution in [0.25, 0.3) is 10.6 Å². The van der Waals surface area contributed by atoms with E-state index in [1.807, 2.05) is 0 Å². The maximum absolute atomic E-state index is 4.39. The molecule has 0 spiro atoms. The summed E-state index contributed by atoms with van der Waals surface area (Å²) in [6.07, 6.45) is 1.10. The molecular weight excluding hydrogens is 195 g/mol. The molecule has 1 radical (unpaired) electrons. The predicted molar refractivity (Wildman–Crippen MR) is 51.3 cm³/mol. The van der Waals surface area contributed by atoms with Gasteiger partial charge in [0, 0.05) is 0 Å². The summed E-state index contributed by atoms with van der Waals surface area (Å²) < 4.78 is 0. The first kappa shape index (κ1) is 14.9. The summed E-state index contributed by atoms with van der Waals surface area (Å²) in [5.41, 5.74) is 0. The topological polar surface area (TPSA) is 28.2 Å². The van der Waals surface area contributed by atoms with Crippen LogP contribution in [0.4, 0.5) is 0 Å². The molecule has 0 aliphatic heterocycles. The first-order chi connectivity index (χ1) is 5.20. The predicted octanol–water partition coefficient (Wildman–Crippen LogP) is 2.94. The van der Waals surface area contributed by atoms with Gasteiger partial charge in [-0.2, -0.15) is 13.1 Å². The van der Waals surface area contributed by atoms with E-state index in [1.54, 1.807) is 0 Å². The van der Waals surface area contributed by atoms with Crippen molar-refractivity contribution in [1.29, 1.82) is 0 Å². The summed E-state index contributed by atoms with van der Waals surface area (Å²) in [7, 11) is 0. The van der Waals surface area contributed by atoms with Crippen LogP contribution in [0.2, 0.25) is 0 Å². The van der Waals surface area contributed by atoms with E-state index >= 15 is 0 Å². The van der Waals surface area contributed by atoms with Crippen molar-refractivity contribution in [2.45, 2.75) is 46.2 Å². The van der Waals surface area contributed by atoms with E-state index in [0.29, 0.717) is 12.1 Å². The number of rotatable bonds is 6. The summed E-state index contributed by atoms with van der Waals surface area (Å²) in [4.78, 5) is 0. The molecule has 0 saturated heterocycles. The first-order valence-electron chi connectivity index (χ1n) is 4.53. The van der Waals surface area contributed by atoms with Crippen molar-refractivity contribution in [2.75, 3.05) is 13.1 Å². The van der Waals surface area contributed by atoms with Crippen molar-refractivity contribution in [1.82, 2.24) is 0 Å². The summed E-state index contributed by atoms with van der Waals surface area (Å²) >= 11 is 0. The second kappa shape index (κ2) is 9.51. The van der Waals surface area contributed by atoms with Gasteiger partial charge >= 0.3 is 16.8 Å². The zero-order valence-electron chi connectivity index (χ0n) is 8.50. The van der Waals surface area contributed by atoms with Crippen LogP contribution in [0.5, 0.6) is 0 Å². The first-order valence-corrected chi connectivity index (χ1v) is 4.53. The molecule has 0 amide bonds. The Morgan fingerprint density at radius 1 is 0.917 bits per heavy atom. The fourth-order valence-corrected chi connectivity index (χ4v) is 1.27. The van der Waals surface area contributed by atoms with Crippen LogP contribution in [-0.2, 0) is 16.8 Å². The van der Waals surface area contributed by atoms with Gasteiger partial charge in [-0.15, -0.1) is 12.1 Å². The third kappa shape index (κ3) is 8.52. The molecule has 0 rings (SSSR count). The van der Waals surface area contributed by atoms with Gasteiger partial charge in [0.1, 0.15) is 0 Å². The normalized spacial score (nSPS) is 15.0. The molecule has 0 aliphatic rings. The minimum absolute atomic E-state index is 0. The average molecular weight is 215 g/mol. The van der Waals surface area contributed by atoms with Crippen LogP contribution in [-0.4, -0.2) is 25.2 Å². The van der Waals surface area contributed by atoms with Gasteiger partial charge in [-0.3, -0.25) is 0 Å². The molecule has 0 heterocycles. The van der Waals surface area contributed by atoms with Crippen molar-refractivity contribution in [3.05, 3.63) is 10.6 Å². The fourth-order valence-electron chi connectivity index (χ4n) is 1.27. The molecule has 2 unspecified atom stereocenters. The molecule has 2 atom stereocenters. The van der Waals surface area contributed by atoms with Crippen LogP contribution in [0, 0.1) is 0 Å².